The zero-order valence-corrected chi connectivity index (χ0v) is 19.9. The Bertz CT molecular complexity index is 1130. The number of hydrogen-bond acceptors (Lipinski definition) is 5. The van der Waals surface area contributed by atoms with Crippen LogP contribution < -0.4 is 4.90 Å². The fourth-order valence-corrected chi connectivity index (χ4v) is 4.32. The highest BCUT2D eigenvalue weighted by Crippen LogP contribution is 2.23. The number of esters is 1. The van der Waals surface area contributed by atoms with Crippen molar-refractivity contribution in [1.29, 1.82) is 0 Å². The second kappa shape index (κ2) is 11.5. The molecule has 0 radical (unpaired) electrons. The highest BCUT2D eigenvalue weighted by molar-refractivity contribution is 6.04. The van der Waals surface area contributed by atoms with Gasteiger partial charge in [0.1, 0.15) is 0 Å². The summed E-state index contributed by atoms with van der Waals surface area (Å²) >= 11 is 0. The lowest BCUT2D eigenvalue weighted by molar-refractivity contribution is -0.151. The van der Waals surface area contributed by atoms with Gasteiger partial charge < -0.3 is 19.0 Å². The summed E-state index contributed by atoms with van der Waals surface area (Å²) in [6.07, 6.45) is 3.26. The number of carbonyl (C=O) groups is 3. The van der Waals surface area contributed by atoms with Gasteiger partial charge in [-0.25, -0.2) is 0 Å². The van der Waals surface area contributed by atoms with Crippen LogP contribution in [0.25, 0.3) is 0 Å². The molecule has 4 rings (SSSR count). The van der Waals surface area contributed by atoms with E-state index in [0.717, 1.165) is 24.0 Å². The maximum absolute atomic E-state index is 13.1. The third-order valence-corrected chi connectivity index (χ3v) is 6.16. The summed E-state index contributed by atoms with van der Waals surface area (Å²) in [4.78, 5) is 41.6. The van der Waals surface area contributed by atoms with E-state index in [1.54, 1.807) is 28.9 Å². The van der Waals surface area contributed by atoms with Gasteiger partial charge in [0, 0.05) is 18.8 Å². The number of furan rings is 1. The zero-order valence-electron chi connectivity index (χ0n) is 19.9. The molecule has 0 spiro atoms. The van der Waals surface area contributed by atoms with E-state index in [9.17, 15) is 14.4 Å². The van der Waals surface area contributed by atoms with E-state index in [0.29, 0.717) is 31.9 Å². The van der Waals surface area contributed by atoms with E-state index in [-0.39, 0.29) is 35.9 Å². The molecular formula is C28H30N2O5. The highest BCUT2D eigenvalue weighted by atomic mass is 16.5. The molecule has 1 fully saturated rings. The maximum atomic E-state index is 13.1. The predicted octanol–water partition coefficient (Wildman–Crippen LogP) is 4.47. The molecule has 2 amide bonds. The minimum Gasteiger partial charge on any atom is -0.466 e. The molecule has 1 saturated heterocycles. The summed E-state index contributed by atoms with van der Waals surface area (Å²) in [5.41, 5.74) is 2.56. The Morgan fingerprint density at radius 1 is 1.00 bits per heavy atom. The molecule has 0 N–H and O–H groups in total. The lowest BCUT2D eigenvalue weighted by atomic mass is 9.97. The standard InChI is InChI=1S/C28H30N2O5/c1-2-34-28(33)23-10-6-16-29(20-23)26(31)18-21-12-14-24(15-13-21)30(19-22-8-4-3-5-9-22)27(32)25-11-7-17-35-25/h3-5,7-9,11-15,17,23H,2,6,10,16,18-20H2,1H3. The van der Waals surface area contributed by atoms with Crippen molar-refractivity contribution >= 4 is 23.5 Å². The topological polar surface area (TPSA) is 80.1 Å². The normalized spacial score (nSPS) is 15.5. The molecule has 1 aliphatic heterocycles. The Morgan fingerprint density at radius 2 is 1.77 bits per heavy atom. The van der Waals surface area contributed by atoms with E-state index in [4.69, 9.17) is 9.15 Å². The number of likely N-dealkylation sites (tertiary alicyclic amines) is 1. The Hall–Kier alpha value is -3.87. The lowest BCUT2D eigenvalue weighted by Crippen LogP contribution is -2.43. The first-order valence-corrected chi connectivity index (χ1v) is 12.0. The first-order chi connectivity index (χ1) is 17.0. The van der Waals surface area contributed by atoms with Crippen molar-refractivity contribution < 1.29 is 23.5 Å². The number of nitrogens with zero attached hydrogens (tertiary/aromatic N) is 2. The van der Waals surface area contributed by atoms with Crippen molar-refractivity contribution in [2.24, 2.45) is 5.92 Å². The van der Waals surface area contributed by atoms with Crippen molar-refractivity contribution in [3.8, 4) is 0 Å². The van der Waals surface area contributed by atoms with Gasteiger partial charge in [-0.3, -0.25) is 14.4 Å². The van der Waals surface area contributed by atoms with E-state index in [2.05, 4.69) is 0 Å². The van der Waals surface area contributed by atoms with Crippen LogP contribution in [0.1, 0.15) is 41.4 Å². The molecule has 1 aliphatic rings. The molecule has 1 atom stereocenters. The smallest absolute Gasteiger partial charge is 0.310 e. The molecule has 2 heterocycles. The van der Waals surface area contributed by atoms with Crippen molar-refractivity contribution in [3.63, 3.8) is 0 Å². The third-order valence-electron chi connectivity index (χ3n) is 6.16. The van der Waals surface area contributed by atoms with Gasteiger partial charge in [0.25, 0.3) is 5.91 Å². The zero-order chi connectivity index (χ0) is 24.6. The van der Waals surface area contributed by atoms with Gasteiger partial charge in [-0.1, -0.05) is 42.5 Å². The fourth-order valence-electron chi connectivity index (χ4n) is 4.32. The first-order valence-electron chi connectivity index (χ1n) is 12.0. The fraction of sp³-hybridized carbons (Fsp3) is 0.321. The summed E-state index contributed by atoms with van der Waals surface area (Å²) in [6.45, 7) is 3.57. The largest absolute Gasteiger partial charge is 0.466 e. The second-order valence-electron chi connectivity index (χ2n) is 8.63. The van der Waals surface area contributed by atoms with Crippen LogP contribution in [-0.2, 0) is 27.3 Å². The van der Waals surface area contributed by atoms with Crippen LogP contribution >= 0.6 is 0 Å². The van der Waals surface area contributed by atoms with Crippen LogP contribution in [0.5, 0.6) is 0 Å². The number of amides is 2. The molecule has 1 unspecified atom stereocenters. The van der Waals surface area contributed by atoms with Crippen molar-refractivity contribution in [2.45, 2.75) is 32.7 Å². The Labute approximate surface area is 205 Å². The van der Waals surface area contributed by atoms with Gasteiger partial charge in [0.15, 0.2) is 5.76 Å². The lowest BCUT2D eigenvalue weighted by Gasteiger charge is -2.31. The van der Waals surface area contributed by atoms with Crippen LogP contribution in [0.3, 0.4) is 0 Å². The first kappa shape index (κ1) is 24.3. The van der Waals surface area contributed by atoms with Crippen molar-refractivity contribution in [1.82, 2.24) is 4.90 Å². The van der Waals surface area contributed by atoms with Gasteiger partial charge in [-0.05, 0) is 55.2 Å². The summed E-state index contributed by atoms with van der Waals surface area (Å²) < 4.78 is 10.5. The molecule has 35 heavy (non-hydrogen) atoms. The van der Waals surface area contributed by atoms with Crippen molar-refractivity contribution in [2.75, 3.05) is 24.6 Å². The van der Waals surface area contributed by atoms with E-state index < -0.39 is 0 Å². The van der Waals surface area contributed by atoms with Gasteiger partial charge in [0.05, 0.1) is 31.8 Å². The molecule has 7 heteroatoms. The van der Waals surface area contributed by atoms with Crippen molar-refractivity contribution in [3.05, 3.63) is 89.9 Å². The second-order valence-corrected chi connectivity index (χ2v) is 8.63. The number of carbonyl (C=O) groups excluding carboxylic acids is 3. The minimum atomic E-state index is -0.255. The van der Waals surface area contributed by atoms with Crippen LogP contribution in [0.2, 0.25) is 0 Å². The van der Waals surface area contributed by atoms with Gasteiger partial charge in [0.2, 0.25) is 5.91 Å². The SMILES string of the molecule is CCOC(=O)C1CCCN(C(=O)Cc2ccc(N(Cc3ccccc3)C(=O)c3ccco3)cc2)C1. The van der Waals surface area contributed by atoms with Gasteiger partial charge >= 0.3 is 5.97 Å². The molecule has 2 aromatic carbocycles. The number of piperidine rings is 1. The quantitative estimate of drug-likeness (QED) is 0.450. The molecule has 7 nitrogen and oxygen atoms in total. The maximum Gasteiger partial charge on any atom is 0.310 e. The molecule has 1 aromatic heterocycles. The Balaban J connectivity index is 1.45. The number of hydrogen-bond donors (Lipinski definition) is 0. The number of anilines is 1. The monoisotopic (exact) mass is 474 g/mol. The van der Waals surface area contributed by atoms with Gasteiger partial charge in [-0.2, -0.15) is 0 Å². The Morgan fingerprint density at radius 3 is 2.46 bits per heavy atom. The van der Waals surface area contributed by atoms with E-state index in [1.807, 2.05) is 54.6 Å². The number of ether oxygens (including phenoxy) is 1. The average Bonchev–Trinajstić information content (AvgIpc) is 3.43. The molecule has 3 aromatic rings. The van der Waals surface area contributed by atoms with Crippen LogP contribution in [0.4, 0.5) is 5.69 Å². The van der Waals surface area contributed by atoms with E-state index in [1.165, 1.54) is 6.26 Å². The third kappa shape index (κ3) is 6.18. The van der Waals surface area contributed by atoms with Crippen LogP contribution in [0, 0.1) is 5.92 Å². The summed E-state index contributed by atoms with van der Waals surface area (Å²) in [7, 11) is 0. The minimum absolute atomic E-state index is 0.0143. The highest BCUT2D eigenvalue weighted by Gasteiger charge is 2.29. The van der Waals surface area contributed by atoms with E-state index >= 15 is 0 Å². The summed E-state index contributed by atoms with van der Waals surface area (Å²) in [5, 5.41) is 0. The predicted molar refractivity (Wildman–Crippen MR) is 132 cm³/mol. The van der Waals surface area contributed by atoms with Crippen LogP contribution in [-0.4, -0.2) is 42.4 Å². The Kier molecular flexibility index (Phi) is 7.98. The molecule has 0 aliphatic carbocycles. The number of benzene rings is 2. The average molecular weight is 475 g/mol. The molecule has 0 bridgehead atoms. The molecule has 0 saturated carbocycles. The molecule has 182 valence electrons. The molecular weight excluding hydrogens is 444 g/mol. The summed E-state index contributed by atoms with van der Waals surface area (Å²) in [5.74, 6) is -0.467. The van der Waals surface area contributed by atoms with Crippen LogP contribution in [0.15, 0.2) is 77.4 Å². The van der Waals surface area contributed by atoms with Gasteiger partial charge in [-0.15, -0.1) is 0 Å². The number of rotatable bonds is 8. The summed E-state index contributed by atoms with van der Waals surface area (Å²) in [6, 6.07) is 20.5.